The van der Waals surface area contributed by atoms with Crippen molar-refractivity contribution in [3.8, 4) is 0 Å². The van der Waals surface area contributed by atoms with Gasteiger partial charge in [0.25, 0.3) is 0 Å². The lowest BCUT2D eigenvalue weighted by molar-refractivity contribution is -0.124. The molecule has 2 rings (SSSR count). The van der Waals surface area contributed by atoms with E-state index in [-0.39, 0.29) is 18.6 Å². The van der Waals surface area contributed by atoms with E-state index in [1.807, 2.05) is 30.3 Å². The zero-order chi connectivity index (χ0) is 9.80. The predicted molar refractivity (Wildman–Crippen MR) is 52.8 cm³/mol. The first-order valence-corrected chi connectivity index (χ1v) is 4.78. The number of benzene rings is 1. The number of carbonyl (C=O) groups excluding carboxylic acids is 1. The van der Waals surface area contributed by atoms with E-state index in [2.05, 4.69) is 5.32 Å². The topological polar surface area (TPSA) is 38.3 Å². The van der Waals surface area contributed by atoms with Crippen LogP contribution >= 0.6 is 0 Å². The van der Waals surface area contributed by atoms with Crippen LogP contribution < -0.4 is 5.32 Å². The number of rotatable bonds is 1. The molecule has 74 valence electrons. The summed E-state index contributed by atoms with van der Waals surface area (Å²) in [4.78, 5) is 11.2. The van der Waals surface area contributed by atoms with E-state index >= 15 is 0 Å². The maximum Gasteiger partial charge on any atom is 0.246 e. The molecule has 1 fully saturated rings. The van der Waals surface area contributed by atoms with Gasteiger partial charge >= 0.3 is 0 Å². The molecule has 1 aliphatic rings. The Balaban J connectivity index is 2.13. The van der Waals surface area contributed by atoms with Crippen molar-refractivity contribution in [2.24, 2.45) is 0 Å². The van der Waals surface area contributed by atoms with Gasteiger partial charge in [-0.3, -0.25) is 4.79 Å². The molecule has 1 atom stereocenters. The number of hydrogen-bond donors (Lipinski definition) is 1. The summed E-state index contributed by atoms with van der Waals surface area (Å²) in [5.74, 6) is -0.0312. The first-order valence-electron chi connectivity index (χ1n) is 4.78. The molecule has 0 spiro atoms. The minimum Gasteiger partial charge on any atom is -0.372 e. The van der Waals surface area contributed by atoms with Crippen molar-refractivity contribution in [2.75, 3.05) is 13.2 Å². The highest BCUT2D eigenvalue weighted by atomic mass is 16.5. The second kappa shape index (κ2) is 4.24. The van der Waals surface area contributed by atoms with E-state index in [0.717, 1.165) is 12.0 Å². The summed E-state index contributed by atoms with van der Waals surface area (Å²) in [5, 5.41) is 2.93. The van der Waals surface area contributed by atoms with Crippen molar-refractivity contribution < 1.29 is 9.53 Å². The summed E-state index contributed by atoms with van der Waals surface area (Å²) in [6, 6.07) is 10.1. The molecule has 1 amide bonds. The molecule has 1 heterocycles. The Morgan fingerprint density at radius 2 is 2.07 bits per heavy atom. The number of hydrogen-bond acceptors (Lipinski definition) is 2. The van der Waals surface area contributed by atoms with Gasteiger partial charge in [0.15, 0.2) is 0 Å². The fourth-order valence-corrected chi connectivity index (χ4v) is 1.61. The van der Waals surface area contributed by atoms with Crippen LogP contribution in [0.25, 0.3) is 0 Å². The lowest BCUT2D eigenvalue weighted by atomic mass is 10.0. The second-order valence-corrected chi connectivity index (χ2v) is 3.37. The summed E-state index contributed by atoms with van der Waals surface area (Å²) in [6.45, 7) is 0.821. The molecule has 1 aromatic rings. The van der Waals surface area contributed by atoms with Gasteiger partial charge in [0, 0.05) is 6.61 Å². The molecule has 1 aromatic carbocycles. The summed E-state index contributed by atoms with van der Waals surface area (Å²) in [6.07, 6.45) is 0.843. The van der Waals surface area contributed by atoms with E-state index in [0.29, 0.717) is 6.61 Å². The smallest absolute Gasteiger partial charge is 0.246 e. The van der Waals surface area contributed by atoms with Crippen LogP contribution in [0.1, 0.15) is 18.0 Å². The quantitative estimate of drug-likeness (QED) is 0.725. The maximum absolute atomic E-state index is 11.2. The molecular weight excluding hydrogens is 178 g/mol. The summed E-state index contributed by atoms with van der Waals surface area (Å²) in [5.41, 5.74) is 1.14. The number of ether oxygens (including phenoxy) is 1. The summed E-state index contributed by atoms with van der Waals surface area (Å²) in [7, 11) is 0. The summed E-state index contributed by atoms with van der Waals surface area (Å²) >= 11 is 0. The van der Waals surface area contributed by atoms with Crippen LogP contribution in [0.15, 0.2) is 30.3 Å². The molecule has 0 radical (unpaired) electrons. The molecule has 3 heteroatoms. The normalized spacial score (nSPS) is 22.6. The summed E-state index contributed by atoms with van der Waals surface area (Å²) < 4.78 is 5.15. The lowest BCUT2D eigenvalue weighted by Crippen LogP contribution is -2.28. The average Bonchev–Trinajstić information content (AvgIpc) is 2.44. The fourth-order valence-electron chi connectivity index (χ4n) is 1.61. The van der Waals surface area contributed by atoms with Gasteiger partial charge in [0.2, 0.25) is 5.91 Å². The Bertz CT molecular complexity index is 310. The first-order chi connectivity index (χ1) is 6.86. The Kier molecular flexibility index (Phi) is 2.79. The van der Waals surface area contributed by atoms with Gasteiger partial charge < -0.3 is 10.1 Å². The number of amides is 1. The molecule has 1 saturated heterocycles. The fraction of sp³-hybridized carbons (Fsp3) is 0.364. The molecule has 0 aliphatic carbocycles. The molecule has 0 aromatic heterocycles. The minimum atomic E-state index is -0.0312. The number of nitrogens with one attached hydrogen (secondary N) is 1. The Labute approximate surface area is 83.1 Å². The lowest BCUT2D eigenvalue weighted by Gasteiger charge is -2.14. The maximum atomic E-state index is 11.2. The molecule has 1 aliphatic heterocycles. The zero-order valence-corrected chi connectivity index (χ0v) is 7.90. The second-order valence-electron chi connectivity index (χ2n) is 3.37. The third-order valence-electron chi connectivity index (χ3n) is 2.32. The van der Waals surface area contributed by atoms with Crippen LogP contribution in [-0.2, 0) is 9.53 Å². The highest BCUT2D eigenvalue weighted by molar-refractivity contribution is 5.77. The van der Waals surface area contributed by atoms with E-state index in [9.17, 15) is 4.79 Å². The van der Waals surface area contributed by atoms with E-state index < -0.39 is 0 Å². The van der Waals surface area contributed by atoms with E-state index in [1.165, 1.54) is 0 Å². The molecule has 3 nitrogen and oxygen atoms in total. The minimum absolute atomic E-state index is 0.0312. The van der Waals surface area contributed by atoms with E-state index in [1.54, 1.807) is 0 Å². The van der Waals surface area contributed by atoms with Crippen molar-refractivity contribution in [2.45, 2.75) is 12.5 Å². The van der Waals surface area contributed by atoms with Crippen molar-refractivity contribution >= 4 is 5.91 Å². The number of carbonyl (C=O) groups is 1. The van der Waals surface area contributed by atoms with Gasteiger partial charge in [0.05, 0.1) is 6.04 Å². The van der Waals surface area contributed by atoms with Gasteiger partial charge in [-0.15, -0.1) is 0 Å². The molecule has 1 unspecified atom stereocenters. The van der Waals surface area contributed by atoms with Gasteiger partial charge in [0.1, 0.15) is 6.61 Å². The van der Waals surface area contributed by atoms with Gasteiger partial charge in [-0.25, -0.2) is 0 Å². The zero-order valence-electron chi connectivity index (χ0n) is 7.90. The highest BCUT2D eigenvalue weighted by Crippen LogP contribution is 2.17. The SMILES string of the molecule is O=C1COCCC(c2ccccc2)N1. The van der Waals surface area contributed by atoms with Crippen LogP contribution in [0.5, 0.6) is 0 Å². The van der Waals surface area contributed by atoms with Crippen molar-refractivity contribution in [1.29, 1.82) is 0 Å². The molecular formula is C11H13NO2. The van der Waals surface area contributed by atoms with Gasteiger partial charge in [-0.2, -0.15) is 0 Å². The van der Waals surface area contributed by atoms with Crippen molar-refractivity contribution in [3.63, 3.8) is 0 Å². The first kappa shape index (κ1) is 9.21. The largest absolute Gasteiger partial charge is 0.372 e. The average molecular weight is 191 g/mol. The van der Waals surface area contributed by atoms with Crippen LogP contribution in [0.3, 0.4) is 0 Å². The molecule has 0 bridgehead atoms. The van der Waals surface area contributed by atoms with Crippen LogP contribution in [0, 0.1) is 0 Å². The Hall–Kier alpha value is -1.35. The molecule has 1 N–H and O–H groups in total. The predicted octanol–water partition coefficient (Wildman–Crippen LogP) is 1.26. The van der Waals surface area contributed by atoms with Crippen LogP contribution in [-0.4, -0.2) is 19.1 Å². The standard InChI is InChI=1S/C11H13NO2/c13-11-8-14-7-6-10(12-11)9-4-2-1-3-5-9/h1-5,10H,6-8H2,(H,12,13). The van der Waals surface area contributed by atoms with Crippen LogP contribution in [0.4, 0.5) is 0 Å². The third-order valence-corrected chi connectivity index (χ3v) is 2.32. The molecule has 0 saturated carbocycles. The van der Waals surface area contributed by atoms with E-state index in [4.69, 9.17) is 4.74 Å². The Morgan fingerprint density at radius 1 is 1.29 bits per heavy atom. The van der Waals surface area contributed by atoms with Gasteiger partial charge in [-0.1, -0.05) is 30.3 Å². The Morgan fingerprint density at radius 3 is 2.86 bits per heavy atom. The van der Waals surface area contributed by atoms with Crippen molar-refractivity contribution in [3.05, 3.63) is 35.9 Å². The third kappa shape index (κ3) is 2.12. The molecule has 14 heavy (non-hydrogen) atoms. The van der Waals surface area contributed by atoms with Gasteiger partial charge in [-0.05, 0) is 12.0 Å². The highest BCUT2D eigenvalue weighted by Gasteiger charge is 2.17. The monoisotopic (exact) mass is 191 g/mol. The van der Waals surface area contributed by atoms with Crippen molar-refractivity contribution in [1.82, 2.24) is 5.32 Å². The van der Waals surface area contributed by atoms with Crippen LogP contribution in [0.2, 0.25) is 0 Å².